The summed E-state index contributed by atoms with van der Waals surface area (Å²) in [4.78, 5) is 29.5. The maximum absolute atomic E-state index is 13.8. The molecule has 3 aromatic carbocycles. The highest BCUT2D eigenvalue weighted by molar-refractivity contribution is 6.06. The van der Waals surface area contributed by atoms with E-state index in [-0.39, 0.29) is 16.8 Å². The summed E-state index contributed by atoms with van der Waals surface area (Å²) in [6.07, 6.45) is -4.84. The third-order valence-electron chi connectivity index (χ3n) is 5.35. The first-order valence-electron chi connectivity index (χ1n) is 10.7. The number of halogens is 4. The fourth-order valence-corrected chi connectivity index (χ4v) is 3.57. The average molecular weight is 493 g/mol. The summed E-state index contributed by atoms with van der Waals surface area (Å²) in [5.41, 5.74) is -0.285. The van der Waals surface area contributed by atoms with Crippen molar-refractivity contribution in [2.24, 2.45) is 0 Å². The first kappa shape index (κ1) is 24.6. The molecule has 4 aromatic rings. The number of carbonyl (C=O) groups is 2. The van der Waals surface area contributed by atoms with Crippen LogP contribution in [-0.2, 0) is 6.18 Å². The second kappa shape index (κ2) is 9.99. The number of aryl methyl sites for hydroxylation is 1. The van der Waals surface area contributed by atoms with Crippen molar-refractivity contribution in [2.75, 3.05) is 10.6 Å². The largest absolute Gasteiger partial charge is 0.418 e. The molecule has 182 valence electrons. The van der Waals surface area contributed by atoms with Gasteiger partial charge in [0.2, 0.25) is 0 Å². The van der Waals surface area contributed by atoms with Crippen LogP contribution in [0.15, 0.2) is 84.9 Å². The van der Waals surface area contributed by atoms with E-state index in [2.05, 4.69) is 15.6 Å². The summed E-state index contributed by atoms with van der Waals surface area (Å²) in [7, 11) is 0. The van der Waals surface area contributed by atoms with Gasteiger partial charge in [0.1, 0.15) is 5.82 Å². The van der Waals surface area contributed by atoms with E-state index >= 15 is 0 Å². The third-order valence-corrected chi connectivity index (χ3v) is 5.35. The van der Waals surface area contributed by atoms with Gasteiger partial charge in [0.05, 0.1) is 33.8 Å². The topological polar surface area (TPSA) is 71.1 Å². The van der Waals surface area contributed by atoms with Gasteiger partial charge in [-0.05, 0) is 49.4 Å². The number of pyridine rings is 1. The number of hydrogen-bond donors (Lipinski definition) is 2. The Morgan fingerprint density at radius 1 is 0.778 bits per heavy atom. The first-order chi connectivity index (χ1) is 17.1. The van der Waals surface area contributed by atoms with Crippen LogP contribution in [0.25, 0.3) is 11.3 Å². The summed E-state index contributed by atoms with van der Waals surface area (Å²) < 4.78 is 55.2. The SMILES string of the molecule is Cc1nc(-c2ccccc2)ccc1C(=O)Nc1ccc(NC(=O)c2ccccc2F)cc1C(F)(F)F. The molecule has 0 saturated heterocycles. The van der Waals surface area contributed by atoms with Gasteiger partial charge in [-0.3, -0.25) is 14.6 Å². The fraction of sp³-hybridized carbons (Fsp3) is 0.0741. The predicted octanol–water partition coefficient (Wildman–Crippen LogP) is 6.72. The first-order valence-corrected chi connectivity index (χ1v) is 10.7. The van der Waals surface area contributed by atoms with Crippen molar-refractivity contribution in [1.82, 2.24) is 4.98 Å². The third kappa shape index (κ3) is 5.41. The summed E-state index contributed by atoms with van der Waals surface area (Å²) >= 11 is 0. The number of rotatable bonds is 5. The zero-order valence-electron chi connectivity index (χ0n) is 18.9. The lowest BCUT2D eigenvalue weighted by Crippen LogP contribution is -2.19. The van der Waals surface area contributed by atoms with Crippen LogP contribution >= 0.6 is 0 Å². The molecule has 0 aliphatic carbocycles. The van der Waals surface area contributed by atoms with Gasteiger partial charge in [-0.25, -0.2) is 4.39 Å². The molecular weight excluding hydrogens is 474 g/mol. The minimum atomic E-state index is -4.84. The van der Waals surface area contributed by atoms with Gasteiger partial charge in [-0.1, -0.05) is 42.5 Å². The molecule has 2 N–H and O–H groups in total. The quantitative estimate of drug-likeness (QED) is 0.303. The van der Waals surface area contributed by atoms with Crippen molar-refractivity contribution in [2.45, 2.75) is 13.1 Å². The lowest BCUT2D eigenvalue weighted by Gasteiger charge is -2.16. The number of nitrogens with one attached hydrogen (secondary N) is 2. The van der Waals surface area contributed by atoms with E-state index in [1.807, 2.05) is 30.3 Å². The van der Waals surface area contributed by atoms with Gasteiger partial charge in [-0.2, -0.15) is 13.2 Å². The number of carbonyl (C=O) groups excluding carboxylic acids is 2. The van der Waals surface area contributed by atoms with Crippen molar-refractivity contribution in [1.29, 1.82) is 0 Å². The van der Waals surface area contributed by atoms with Crippen molar-refractivity contribution in [3.8, 4) is 11.3 Å². The van der Waals surface area contributed by atoms with Crippen LogP contribution in [0.3, 0.4) is 0 Å². The Balaban J connectivity index is 1.58. The number of benzene rings is 3. The van der Waals surface area contributed by atoms with Crippen LogP contribution in [0.2, 0.25) is 0 Å². The van der Waals surface area contributed by atoms with E-state index < -0.39 is 35.1 Å². The van der Waals surface area contributed by atoms with Crippen LogP contribution in [0, 0.1) is 12.7 Å². The zero-order valence-corrected chi connectivity index (χ0v) is 18.9. The van der Waals surface area contributed by atoms with E-state index in [0.717, 1.165) is 17.7 Å². The Bertz CT molecular complexity index is 1440. The standard InChI is InChI=1S/C27H19F4N3O2/c1-16-19(12-14-23(32-16)17-7-3-2-4-8-17)25(35)34-24-13-11-18(15-21(24)27(29,30)31)33-26(36)20-9-5-6-10-22(20)28/h2-15H,1H3,(H,33,36)(H,34,35). The minimum Gasteiger partial charge on any atom is -0.322 e. The monoisotopic (exact) mass is 493 g/mol. The molecule has 4 rings (SSSR count). The maximum Gasteiger partial charge on any atom is 0.418 e. The van der Waals surface area contributed by atoms with Gasteiger partial charge in [0.15, 0.2) is 0 Å². The second-order valence-electron chi connectivity index (χ2n) is 7.84. The number of nitrogens with zero attached hydrogens (tertiary/aromatic N) is 1. The molecule has 0 radical (unpaired) electrons. The van der Waals surface area contributed by atoms with E-state index in [4.69, 9.17) is 0 Å². The lowest BCUT2D eigenvalue weighted by atomic mass is 10.1. The Kier molecular flexibility index (Phi) is 6.82. The summed E-state index contributed by atoms with van der Waals surface area (Å²) in [6.45, 7) is 1.59. The average Bonchev–Trinajstić information content (AvgIpc) is 2.85. The maximum atomic E-state index is 13.8. The molecule has 1 heterocycles. The minimum absolute atomic E-state index is 0.111. The highest BCUT2D eigenvalue weighted by Crippen LogP contribution is 2.37. The highest BCUT2D eigenvalue weighted by atomic mass is 19.4. The van der Waals surface area contributed by atoms with Crippen LogP contribution in [-0.4, -0.2) is 16.8 Å². The number of alkyl halides is 3. The van der Waals surface area contributed by atoms with Crippen LogP contribution < -0.4 is 10.6 Å². The summed E-state index contributed by atoms with van der Waals surface area (Å²) in [6, 6.07) is 20.3. The highest BCUT2D eigenvalue weighted by Gasteiger charge is 2.34. The lowest BCUT2D eigenvalue weighted by molar-refractivity contribution is -0.136. The summed E-state index contributed by atoms with van der Waals surface area (Å²) in [5.74, 6) is -2.48. The van der Waals surface area contributed by atoms with Crippen LogP contribution in [0.5, 0.6) is 0 Å². The molecule has 36 heavy (non-hydrogen) atoms. The van der Waals surface area contributed by atoms with Crippen molar-refractivity contribution >= 4 is 23.2 Å². The second-order valence-corrected chi connectivity index (χ2v) is 7.84. The predicted molar refractivity (Wildman–Crippen MR) is 128 cm³/mol. The molecule has 9 heteroatoms. The molecule has 1 aromatic heterocycles. The molecule has 0 aliphatic rings. The van der Waals surface area contributed by atoms with Crippen LogP contribution in [0.1, 0.15) is 32.0 Å². The van der Waals surface area contributed by atoms with Crippen molar-refractivity contribution in [3.63, 3.8) is 0 Å². The molecule has 0 unspecified atom stereocenters. The van der Waals surface area contributed by atoms with E-state index in [0.29, 0.717) is 17.5 Å². The number of hydrogen-bond acceptors (Lipinski definition) is 3. The normalized spacial score (nSPS) is 11.1. The summed E-state index contributed by atoms with van der Waals surface area (Å²) in [5, 5.41) is 4.54. The van der Waals surface area contributed by atoms with Gasteiger partial charge in [0, 0.05) is 11.3 Å². The molecule has 0 aliphatic heterocycles. The van der Waals surface area contributed by atoms with Gasteiger partial charge < -0.3 is 10.6 Å². The fourth-order valence-electron chi connectivity index (χ4n) is 3.57. The zero-order chi connectivity index (χ0) is 25.9. The van der Waals surface area contributed by atoms with Gasteiger partial charge >= 0.3 is 6.18 Å². The Morgan fingerprint density at radius 2 is 1.44 bits per heavy atom. The molecule has 2 amide bonds. The van der Waals surface area contributed by atoms with E-state index in [1.54, 1.807) is 13.0 Å². The molecule has 5 nitrogen and oxygen atoms in total. The van der Waals surface area contributed by atoms with E-state index in [1.165, 1.54) is 30.3 Å². The molecule has 0 fully saturated rings. The van der Waals surface area contributed by atoms with Crippen molar-refractivity contribution in [3.05, 3.63) is 113 Å². The van der Waals surface area contributed by atoms with E-state index in [9.17, 15) is 27.2 Å². The molecular formula is C27H19F4N3O2. The Labute approximate surface area is 203 Å². The molecule has 0 saturated carbocycles. The van der Waals surface area contributed by atoms with Crippen molar-refractivity contribution < 1.29 is 27.2 Å². The Morgan fingerprint density at radius 3 is 2.11 bits per heavy atom. The Hall–Kier alpha value is -4.53. The smallest absolute Gasteiger partial charge is 0.322 e. The van der Waals surface area contributed by atoms with Gasteiger partial charge in [0.25, 0.3) is 11.8 Å². The molecule has 0 atom stereocenters. The number of amides is 2. The number of aromatic nitrogens is 1. The van der Waals surface area contributed by atoms with Gasteiger partial charge in [-0.15, -0.1) is 0 Å². The number of anilines is 2. The molecule has 0 bridgehead atoms. The molecule has 0 spiro atoms. The van der Waals surface area contributed by atoms with Crippen LogP contribution in [0.4, 0.5) is 28.9 Å².